The van der Waals surface area contributed by atoms with Crippen LogP contribution in [0.2, 0.25) is 0 Å². The molecule has 1 aliphatic heterocycles. The first-order valence-electron chi connectivity index (χ1n) is 7.90. The van der Waals surface area contributed by atoms with E-state index in [-0.39, 0.29) is 37.1 Å². The van der Waals surface area contributed by atoms with Gasteiger partial charge in [0.1, 0.15) is 5.71 Å². The van der Waals surface area contributed by atoms with Crippen LogP contribution in [0.4, 0.5) is 0 Å². The van der Waals surface area contributed by atoms with Gasteiger partial charge in [-0.15, -0.1) is 0 Å². The van der Waals surface area contributed by atoms with Crippen molar-refractivity contribution in [2.75, 3.05) is 6.61 Å². The monoisotopic (exact) mass is 331 g/mol. The second-order valence-electron chi connectivity index (χ2n) is 5.55. The fraction of sp³-hybridized carbons (Fsp3) is 0.412. The molecule has 7 nitrogen and oxygen atoms in total. The first-order chi connectivity index (χ1) is 11.5. The normalized spacial score (nSPS) is 15.1. The summed E-state index contributed by atoms with van der Waals surface area (Å²) < 4.78 is 4.92. The van der Waals surface area contributed by atoms with Crippen LogP contribution in [0.1, 0.15) is 43.9 Å². The van der Waals surface area contributed by atoms with E-state index in [1.807, 2.05) is 31.2 Å². The molecule has 0 unspecified atom stereocenters. The van der Waals surface area contributed by atoms with Gasteiger partial charge in [0.05, 0.1) is 6.04 Å². The number of esters is 1. The molecule has 0 saturated heterocycles. The molecule has 128 valence electrons. The minimum atomic E-state index is -0.690. The maximum Gasteiger partial charge on any atom is 0.355 e. The molecule has 2 N–H and O–H groups in total. The number of ether oxygens (including phenoxy) is 1. The fourth-order valence-electron chi connectivity index (χ4n) is 2.24. The lowest BCUT2D eigenvalue weighted by molar-refractivity contribution is -0.142. The largest absolute Gasteiger partial charge is 0.451 e. The van der Waals surface area contributed by atoms with E-state index in [0.717, 1.165) is 12.0 Å². The minimum absolute atomic E-state index is 0.116. The van der Waals surface area contributed by atoms with Crippen LogP contribution in [0.25, 0.3) is 0 Å². The van der Waals surface area contributed by atoms with Crippen molar-refractivity contribution in [3.8, 4) is 0 Å². The maximum atomic E-state index is 11.9. The number of benzene rings is 1. The Morgan fingerprint density at radius 3 is 2.58 bits per heavy atom. The van der Waals surface area contributed by atoms with Crippen molar-refractivity contribution in [2.45, 2.75) is 39.2 Å². The summed E-state index contributed by atoms with van der Waals surface area (Å²) in [6.07, 6.45) is 1.36. The zero-order valence-corrected chi connectivity index (χ0v) is 13.8. The molecule has 1 aliphatic rings. The van der Waals surface area contributed by atoms with E-state index in [2.05, 4.69) is 22.8 Å². The van der Waals surface area contributed by atoms with Gasteiger partial charge >= 0.3 is 5.97 Å². The van der Waals surface area contributed by atoms with Crippen molar-refractivity contribution in [3.63, 3.8) is 0 Å². The summed E-state index contributed by atoms with van der Waals surface area (Å²) in [5, 5.41) is 6.40. The van der Waals surface area contributed by atoms with Crippen molar-refractivity contribution in [3.05, 3.63) is 35.4 Å². The number of hydrazone groups is 1. The van der Waals surface area contributed by atoms with Crippen molar-refractivity contribution in [1.29, 1.82) is 0 Å². The number of amides is 2. The van der Waals surface area contributed by atoms with Gasteiger partial charge in [0.25, 0.3) is 5.91 Å². The molecule has 1 aromatic carbocycles. The van der Waals surface area contributed by atoms with Gasteiger partial charge in [-0.2, -0.15) is 5.10 Å². The first kappa shape index (κ1) is 17.7. The molecule has 0 bridgehead atoms. The average Bonchev–Trinajstić information content (AvgIpc) is 2.60. The zero-order valence-electron chi connectivity index (χ0n) is 13.8. The summed E-state index contributed by atoms with van der Waals surface area (Å²) in [7, 11) is 0. The smallest absolute Gasteiger partial charge is 0.355 e. The number of hydrogen-bond donors (Lipinski definition) is 2. The van der Waals surface area contributed by atoms with Crippen molar-refractivity contribution in [2.24, 2.45) is 5.10 Å². The van der Waals surface area contributed by atoms with E-state index in [1.165, 1.54) is 5.56 Å². The number of carbonyl (C=O) groups excluding carboxylic acids is 3. The third-order valence-corrected chi connectivity index (χ3v) is 3.74. The molecule has 24 heavy (non-hydrogen) atoms. The molecule has 0 fully saturated rings. The number of hydrogen-bond acceptors (Lipinski definition) is 5. The van der Waals surface area contributed by atoms with E-state index in [1.54, 1.807) is 0 Å². The molecule has 1 atom stereocenters. The number of aryl methyl sites for hydroxylation is 1. The number of rotatable bonds is 6. The third kappa shape index (κ3) is 4.91. The Hall–Kier alpha value is -2.70. The summed E-state index contributed by atoms with van der Waals surface area (Å²) in [5.41, 5.74) is 4.53. The molecule has 0 saturated carbocycles. The quantitative estimate of drug-likeness (QED) is 0.766. The number of nitrogens with zero attached hydrogens (tertiary/aromatic N) is 1. The van der Waals surface area contributed by atoms with Crippen LogP contribution in [0.3, 0.4) is 0 Å². The average molecular weight is 331 g/mol. The van der Waals surface area contributed by atoms with Crippen molar-refractivity contribution >= 4 is 23.5 Å². The SMILES string of the molecule is CCc1ccc([C@H](C)NC(=O)COC(=O)C2=NNC(=O)CC2)cc1. The van der Waals surface area contributed by atoms with Gasteiger partial charge in [0.2, 0.25) is 5.91 Å². The highest BCUT2D eigenvalue weighted by Gasteiger charge is 2.20. The lowest BCUT2D eigenvalue weighted by Gasteiger charge is -2.15. The topological polar surface area (TPSA) is 96.9 Å². The Balaban J connectivity index is 1.79. The molecule has 0 aromatic heterocycles. The van der Waals surface area contributed by atoms with Gasteiger partial charge in [-0.1, -0.05) is 31.2 Å². The van der Waals surface area contributed by atoms with Gasteiger partial charge in [-0.25, -0.2) is 10.2 Å². The molecule has 2 amide bonds. The molecule has 0 aliphatic carbocycles. The molecule has 2 rings (SSSR count). The van der Waals surface area contributed by atoms with Crippen LogP contribution in [0.15, 0.2) is 29.4 Å². The third-order valence-electron chi connectivity index (χ3n) is 3.74. The van der Waals surface area contributed by atoms with Gasteiger partial charge in [0.15, 0.2) is 6.61 Å². The summed E-state index contributed by atoms with van der Waals surface area (Å²) in [6.45, 7) is 3.56. The fourth-order valence-corrected chi connectivity index (χ4v) is 2.24. The highest BCUT2D eigenvalue weighted by Crippen LogP contribution is 2.13. The van der Waals surface area contributed by atoms with Crippen LogP contribution in [0, 0.1) is 0 Å². The molecule has 1 heterocycles. The summed E-state index contributed by atoms with van der Waals surface area (Å²) >= 11 is 0. The zero-order chi connectivity index (χ0) is 17.5. The van der Waals surface area contributed by atoms with Gasteiger partial charge in [-0.3, -0.25) is 9.59 Å². The van der Waals surface area contributed by atoms with Crippen molar-refractivity contribution in [1.82, 2.24) is 10.7 Å². The van der Waals surface area contributed by atoms with E-state index in [9.17, 15) is 14.4 Å². The maximum absolute atomic E-state index is 11.9. The molecule has 7 heteroatoms. The first-order valence-corrected chi connectivity index (χ1v) is 7.90. The summed E-state index contributed by atoms with van der Waals surface area (Å²) in [5.74, 6) is -1.33. The predicted molar refractivity (Wildman–Crippen MR) is 88.1 cm³/mol. The molecular formula is C17H21N3O4. The Labute approximate surface area is 140 Å². The predicted octanol–water partition coefficient (Wildman–Crippen LogP) is 1.24. The summed E-state index contributed by atoms with van der Waals surface area (Å²) in [4.78, 5) is 34.6. The van der Waals surface area contributed by atoms with Gasteiger partial charge in [0, 0.05) is 12.8 Å². The second-order valence-corrected chi connectivity index (χ2v) is 5.55. The van der Waals surface area contributed by atoms with E-state index >= 15 is 0 Å². The van der Waals surface area contributed by atoms with Crippen LogP contribution >= 0.6 is 0 Å². The Morgan fingerprint density at radius 1 is 1.29 bits per heavy atom. The van der Waals surface area contributed by atoms with Gasteiger partial charge in [-0.05, 0) is 24.5 Å². The summed E-state index contributed by atoms with van der Waals surface area (Å²) in [6, 6.07) is 7.79. The minimum Gasteiger partial charge on any atom is -0.451 e. The van der Waals surface area contributed by atoms with Crippen LogP contribution < -0.4 is 10.7 Å². The standard InChI is InChI=1S/C17H21N3O4/c1-3-12-4-6-13(7-5-12)11(2)18-16(22)10-24-17(23)14-8-9-15(21)20-19-14/h4-7,11H,3,8-10H2,1-2H3,(H,18,22)(H,20,21)/t11-/m0/s1. The van der Waals surface area contributed by atoms with Crippen LogP contribution in [0.5, 0.6) is 0 Å². The number of nitrogens with one attached hydrogen (secondary N) is 2. The van der Waals surface area contributed by atoms with E-state index < -0.39 is 11.9 Å². The highest BCUT2D eigenvalue weighted by molar-refractivity contribution is 6.37. The molecule has 0 radical (unpaired) electrons. The lowest BCUT2D eigenvalue weighted by Crippen LogP contribution is -2.34. The highest BCUT2D eigenvalue weighted by atomic mass is 16.5. The molecule has 0 spiro atoms. The van der Waals surface area contributed by atoms with E-state index in [4.69, 9.17) is 4.74 Å². The second kappa shape index (κ2) is 8.24. The lowest BCUT2D eigenvalue weighted by atomic mass is 10.1. The van der Waals surface area contributed by atoms with E-state index in [0.29, 0.717) is 0 Å². The molecule has 1 aromatic rings. The number of carbonyl (C=O) groups is 3. The molecular weight excluding hydrogens is 310 g/mol. The van der Waals surface area contributed by atoms with Gasteiger partial charge < -0.3 is 10.1 Å². The van der Waals surface area contributed by atoms with Crippen LogP contribution in [-0.2, 0) is 25.5 Å². The Kier molecular flexibility index (Phi) is 6.06. The Bertz CT molecular complexity index is 652. The van der Waals surface area contributed by atoms with Crippen LogP contribution in [-0.4, -0.2) is 30.1 Å². The Morgan fingerprint density at radius 2 is 2.00 bits per heavy atom. The van der Waals surface area contributed by atoms with Crippen molar-refractivity contribution < 1.29 is 19.1 Å².